The predicted molar refractivity (Wildman–Crippen MR) is 100 cm³/mol. The number of rotatable bonds is 7. The number of carbonyl (C=O) groups is 2. The van der Waals surface area contributed by atoms with Gasteiger partial charge in [0.2, 0.25) is 0 Å². The maximum Gasteiger partial charge on any atom is 0.279 e. The summed E-state index contributed by atoms with van der Waals surface area (Å²) in [7, 11) is 0. The Morgan fingerprint density at radius 2 is 1.93 bits per heavy atom. The molecule has 0 unspecified atom stereocenters. The molecule has 27 heavy (non-hydrogen) atoms. The van der Waals surface area contributed by atoms with Crippen molar-refractivity contribution in [3.05, 3.63) is 72.3 Å². The fourth-order valence-electron chi connectivity index (χ4n) is 2.67. The Bertz CT molecular complexity index is 950. The Kier molecular flexibility index (Phi) is 5.41. The van der Waals surface area contributed by atoms with Crippen LogP contribution in [-0.2, 0) is 9.59 Å². The minimum atomic E-state index is -1.32. The average molecular weight is 362 g/mol. The first kappa shape index (κ1) is 18.1. The highest BCUT2D eigenvalue weighted by molar-refractivity contribution is 6.54. The number of nitrogens with zero attached hydrogens (tertiary/aromatic N) is 3. The molecule has 0 radical (unpaired) electrons. The quantitative estimate of drug-likeness (QED) is 0.420. The lowest BCUT2D eigenvalue weighted by atomic mass is 10.1. The van der Waals surface area contributed by atoms with Crippen LogP contribution in [0.4, 0.5) is 5.69 Å². The number of carbonyl (C=O) groups excluding carboxylic acids is 2. The smallest absolute Gasteiger partial charge is 0.279 e. The van der Waals surface area contributed by atoms with Crippen LogP contribution in [0.25, 0.3) is 0 Å². The fourth-order valence-corrected chi connectivity index (χ4v) is 2.67. The molecule has 1 aliphatic rings. The zero-order valence-corrected chi connectivity index (χ0v) is 14.4. The van der Waals surface area contributed by atoms with Gasteiger partial charge in [0, 0.05) is 17.7 Å². The van der Waals surface area contributed by atoms with Crippen molar-refractivity contribution in [2.45, 2.75) is 0 Å². The van der Waals surface area contributed by atoms with Gasteiger partial charge in [-0.25, -0.2) is 0 Å². The Labute approximate surface area is 155 Å². The Hall–Kier alpha value is -3.74. The maximum atomic E-state index is 12.6. The van der Waals surface area contributed by atoms with E-state index in [1.807, 2.05) is 24.3 Å². The van der Waals surface area contributed by atoms with Gasteiger partial charge in [0.05, 0.1) is 17.9 Å². The second-order valence-corrected chi connectivity index (χ2v) is 5.61. The van der Waals surface area contributed by atoms with E-state index in [9.17, 15) is 14.7 Å². The zero-order chi connectivity index (χ0) is 19.2. The van der Waals surface area contributed by atoms with Crippen molar-refractivity contribution in [2.75, 3.05) is 18.1 Å². The summed E-state index contributed by atoms with van der Waals surface area (Å²) in [5.41, 5.74) is 2.22. The average Bonchev–Trinajstić information content (AvgIpc) is 2.93. The molecule has 0 aromatic heterocycles. The minimum absolute atomic E-state index is 0.233. The highest BCUT2D eigenvalue weighted by Gasteiger charge is 2.32. The molecule has 0 fully saturated rings. The molecule has 1 aliphatic heterocycles. The number of carboxylic acids is 1. The standard InChI is InChI=1S/C20H17N3O4/c1-2-11-23-16-9-5-4-8-15(16)19(20(23)26)22-21-12-14-7-3-6-10-17(14)27-13-18(24)25/h2-10,12H,1,11,13H2,(H,24,25)/p-1/b21-12-,22-19-. The molecule has 0 saturated heterocycles. The lowest BCUT2D eigenvalue weighted by molar-refractivity contribution is -0.307. The molecule has 2 aromatic rings. The summed E-state index contributed by atoms with van der Waals surface area (Å²) in [6.45, 7) is 3.48. The van der Waals surface area contributed by atoms with Gasteiger partial charge in [0.15, 0.2) is 5.71 Å². The molecular formula is C20H16N3O4-. The van der Waals surface area contributed by atoms with Crippen LogP contribution in [0.15, 0.2) is 71.4 Å². The van der Waals surface area contributed by atoms with Crippen LogP contribution in [0.5, 0.6) is 5.75 Å². The van der Waals surface area contributed by atoms with Crippen LogP contribution in [0.1, 0.15) is 11.1 Å². The van der Waals surface area contributed by atoms with Crippen molar-refractivity contribution in [2.24, 2.45) is 10.2 Å². The van der Waals surface area contributed by atoms with E-state index in [1.54, 1.807) is 35.2 Å². The fraction of sp³-hybridized carbons (Fsp3) is 0.100. The number of benzene rings is 2. The van der Waals surface area contributed by atoms with E-state index < -0.39 is 12.6 Å². The van der Waals surface area contributed by atoms with E-state index in [1.165, 1.54) is 6.21 Å². The van der Waals surface area contributed by atoms with Gasteiger partial charge in [0.25, 0.3) is 5.91 Å². The molecular weight excluding hydrogens is 346 g/mol. The number of amides is 1. The summed E-state index contributed by atoms with van der Waals surface area (Å²) in [5.74, 6) is -1.25. The number of hydrogen-bond acceptors (Lipinski definition) is 6. The second kappa shape index (κ2) is 8.09. The van der Waals surface area contributed by atoms with Gasteiger partial charge in [-0.15, -0.1) is 11.7 Å². The molecule has 0 bridgehead atoms. The zero-order valence-electron chi connectivity index (χ0n) is 14.4. The molecule has 7 heteroatoms. The molecule has 0 aliphatic carbocycles. The number of para-hydroxylation sites is 2. The Morgan fingerprint density at radius 1 is 1.19 bits per heavy atom. The molecule has 1 amide bonds. The minimum Gasteiger partial charge on any atom is -0.546 e. The molecule has 0 N–H and O–H groups in total. The molecule has 0 atom stereocenters. The summed E-state index contributed by atoms with van der Waals surface area (Å²) in [5, 5.41) is 18.7. The second-order valence-electron chi connectivity index (χ2n) is 5.61. The number of fused-ring (bicyclic) bond motifs is 1. The van der Waals surface area contributed by atoms with E-state index in [0.717, 1.165) is 5.69 Å². The maximum absolute atomic E-state index is 12.6. The van der Waals surface area contributed by atoms with Crippen molar-refractivity contribution >= 4 is 29.5 Å². The van der Waals surface area contributed by atoms with Gasteiger partial charge >= 0.3 is 0 Å². The third-order valence-corrected chi connectivity index (χ3v) is 3.83. The first-order valence-corrected chi connectivity index (χ1v) is 8.16. The van der Waals surface area contributed by atoms with Crippen molar-refractivity contribution in [3.63, 3.8) is 0 Å². The normalized spacial score (nSPS) is 14.6. The number of hydrogen-bond donors (Lipinski definition) is 0. The van der Waals surface area contributed by atoms with Crippen molar-refractivity contribution in [3.8, 4) is 5.75 Å². The van der Waals surface area contributed by atoms with Gasteiger partial charge in [-0.1, -0.05) is 36.4 Å². The van der Waals surface area contributed by atoms with E-state index >= 15 is 0 Å². The third-order valence-electron chi connectivity index (χ3n) is 3.83. The highest BCUT2D eigenvalue weighted by Crippen LogP contribution is 2.29. The third kappa shape index (κ3) is 3.92. The van der Waals surface area contributed by atoms with E-state index in [0.29, 0.717) is 23.4 Å². The molecule has 7 nitrogen and oxygen atoms in total. The van der Waals surface area contributed by atoms with Crippen molar-refractivity contribution < 1.29 is 19.4 Å². The van der Waals surface area contributed by atoms with E-state index in [4.69, 9.17) is 4.74 Å². The SMILES string of the molecule is C=CCN1C(=O)/C(=N\N=C/c2ccccc2OCC(=O)[O-])c2ccccc21. The van der Waals surface area contributed by atoms with Crippen LogP contribution in [0.2, 0.25) is 0 Å². The highest BCUT2D eigenvalue weighted by atomic mass is 16.5. The Balaban J connectivity index is 1.87. The van der Waals surface area contributed by atoms with Crippen molar-refractivity contribution in [1.29, 1.82) is 0 Å². The van der Waals surface area contributed by atoms with Crippen LogP contribution in [-0.4, -0.2) is 37.0 Å². The number of ether oxygens (including phenoxy) is 1. The van der Waals surface area contributed by atoms with Gasteiger partial charge in [-0.05, 0) is 18.2 Å². The molecule has 2 aromatic carbocycles. The number of anilines is 1. The predicted octanol–water partition coefficient (Wildman–Crippen LogP) is 1.17. The summed E-state index contributed by atoms with van der Waals surface area (Å²) in [6, 6.07) is 14.1. The van der Waals surface area contributed by atoms with Crippen LogP contribution < -0.4 is 14.7 Å². The Morgan fingerprint density at radius 3 is 2.70 bits per heavy atom. The monoisotopic (exact) mass is 362 g/mol. The number of carboxylic acid groups (broad SMARTS) is 1. The van der Waals surface area contributed by atoms with Crippen LogP contribution >= 0.6 is 0 Å². The van der Waals surface area contributed by atoms with Crippen molar-refractivity contribution in [1.82, 2.24) is 0 Å². The summed E-state index contributed by atoms with van der Waals surface area (Å²) in [4.78, 5) is 24.8. The van der Waals surface area contributed by atoms with E-state index in [-0.39, 0.29) is 11.6 Å². The van der Waals surface area contributed by atoms with E-state index in [2.05, 4.69) is 16.8 Å². The summed E-state index contributed by atoms with van der Waals surface area (Å²) < 4.78 is 5.16. The first-order chi connectivity index (χ1) is 13.1. The molecule has 0 spiro atoms. The van der Waals surface area contributed by atoms with Gasteiger partial charge in [-0.2, -0.15) is 5.10 Å². The topological polar surface area (TPSA) is 94.4 Å². The lowest BCUT2D eigenvalue weighted by Gasteiger charge is -2.13. The summed E-state index contributed by atoms with van der Waals surface area (Å²) in [6.07, 6.45) is 3.05. The van der Waals surface area contributed by atoms with Gasteiger partial charge < -0.3 is 19.5 Å². The molecule has 1 heterocycles. The largest absolute Gasteiger partial charge is 0.546 e. The first-order valence-electron chi connectivity index (χ1n) is 8.16. The van der Waals surface area contributed by atoms with Gasteiger partial charge in [-0.3, -0.25) is 4.79 Å². The lowest BCUT2D eigenvalue weighted by Crippen LogP contribution is -2.30. The summed E-state index contributed by atoms with van der Waals surface area (Å²) >= 11 is 0. The van der Waals surface area contributed by atoms with Crippen LogP contribution in [0, 0.1) is 0 Å². The molecule has 3 rings (SSSR count). The van der Waals surface area contributed by atoms with Crippen LogP contribution in [0.3, 0.4) is 0 Å². The van der Waals surface area contributed by atoms with Gasteiger partial charge in [0.1, 0.15) is 12.4 Å². The molecule has 136 valence electrons. The number of aliphatic carboxylic acids is 1. The molecule has 0 saturated carbocycles.